The summed E-state index contributed by atoms with van der Waals surface area (Å²) in [4.78, 5) is 6.83. The van der Waals surface area contributed by atoms with Crippen LogP contribution in [0, 0.1) is 5.92 Å². The fourth-order valence-corrected chi connectivity index (χ4v) is 3.22. The van der Waals surface area contributed by atoms with Gasteiger partial charge in [-0.05, 0) is 37.3 Å². The molecule has 1 aliphatic heterocycles. The number of aliphatic hydroxyl groups excluding tert-OH is 1. The van der Waals surface area contributed by atoms with E-state index in [2.05, 4.69) is 45.5 Å². The number of hydrogen-bond donors (Lipinski definition) is 2. The minimum absolute atomic E-state index is 0.297. The van der Waals surface area contributed by atoms with Crippen LogP contribution in [0.4, 0.5) is 11.4 Å². The third-order valence-corrected chi connectivity index (χ3v) is 4.81. The van der Waals surface area contributed by atoms with E-state index in [-0.39, 0.29) is 0 Å². The largest absolute Gasteiger partial charge is 0.396 e. The van der Waals surface area contributed by atoms with Crippen molar-refractivity contribution in [3.63, 3.8) is 0 Å². The van der Waals surface area contributed by atoms with E-state index < -0.39 is 0 Å². The topological polar surface area (TPSA) is 74.4 Å². The van der Waals surface area contributed by atoms with E-state index in [9.17, 15) is 5.11 Å². The van der Waals surface area contributed by atoms with Crippen molar-refractivity contribution in [1.29, 1.82) is 0 Å². The predicted molar refractivity (Wildman–Crippen MR) is 98.7 cm³/mol. The van der Waals surface area contributed by atoms with E-state index in [1.54, 1.807) is 0 Å². The zero-order chi connectivity index (χ0) is 17.5. The Morgan fingerprint density at radius 3 is 2.84 bits per heavy atom. The van der Waals surface area contributed by atoms with Crippen LogP contribution in [0.3, 0.4) is 0 Å². The highest BCUT2D eigenvalue weighted by Gasteiger charge is 2.20. The average molecular weight is 344 g/mol. The smallest absolute Gasteiger partial charge is 0.245 e. The lowest BCUT2D eigenvalue weighted by molar-refractivity contribution is 0.203. The van der Waals surface area contributed by atoms with E-state index in [1.807, 2.05) is 6.07 Å². The van der Waals surface area contributed by atoms with Crippen LogP contribution in [0.5, 0.6) is 0 Å². The van der Waals surface area contributed by atoms with Crippen molar-refractivity contribution in [3.05, 3.63) is 36.0 Å². The highest BCUT2D eigenvalue weighted by atomic mass is 16.5. The van der Waals surface area contributed by atoms with Gasteiger partial charge < -0.3 is 19.8 Å². The van der Waals surface area contributed by atoms with Gasteiger partial charge in [0, 0.05) is 26.1 Å². The summed E-state index contributed by atoms with van der Waals surface area (Å²) in [6.45, 7) is 4.94. The molecule has 0 radical (unpaired) electrons. The summed E-state index contributed by atoms with van der Waals surface area (Å²) in [6, 6.07) is 8.32. The summed E-state index contributed by atoms with van der Waals surface area (Å²) in [5, 5.41) is 16.8. The number of aromatic nitrogens is 2. The van der Waals surface area contributed by atoms with Crippen LogP contribution in [0.1, 0.15) is 44.3 Å². The Labute approximate surface area is 149 Å². The molecule has 25 heavy (non-hydrogen) atoms. The minimum Gasteiger partial charge on any atom is -0.396 e. The molecule has 0 atom stereocenters. The number of nitrogens with zero attached hydrogens (tertiary/aromatic N) is 3. The van der Waals surface area contributed by atoms with Gasteiger partial charge in [0.1, 0.15) is 0 Å². The number of benzene rings is 1. The van der Waals surface area contributed by atoms with Crippen molar-refractivity contribution >= 4 is 11.4 Å². The molecule has 0 aliphatic carbocycles. The van der Waals surface area contributed by atoms with E-state index in [0.29, 0.717) is 25.0 Å². The maximum absolute atomic E-state index is 9.31. The Balaban J connectivity index is 1.60. The van der Waals surface area contributed by atoms with E-state index in [1.165, 1.54) is 5.69 Å². The molecule has 0 saturated carbocycles. The lowest BCUT2D eigenvalue weighted by atomic mass is 9.97. The van der Waals surface area contributed by atoms with Gasteiger partial charge in [-0.3, -0.25) is 0 Å². The molecular formula is C19H28N4O2. The first-order valence-electron chi connectivity index (χ1n) is 9.30. The summed E-state index contributed by atoms with van der Waals surface area (Å²) in [7, 11) is 0. The molecule has 1 aromatic heterocycles. The number of hydrogen-bond acceptors (Lipinski definition) is 6. The van der Waals surface area contributed by atoms with Crippen molar-refractivity contribution in [1.82, 2.24) is 10.1 Å². The van der Waals surface area contributed by atoms with Crippen molar-refractivity contribution in [2.75, 3.05) is 29.9 Å². The molecule has 0 unspecified atom stereocenters. The van der Waals surface area contributed by atoms with Crippen molar-refractivity contribution in [2.24, 2.45) is 5.92 Å². The van der Waals surface area contributed by atoms with Crippen LogP contribution in [-0.4, -0.2) is 34.9 Å². The molecule has 0 amide bonds. The maximum atomic E-state index is 9.31. The first-order valence-corrected chi connectivity index (χ1v) is 9.30. The number of nitrogens with one attached hydrogen (secondary N) is 1. The van der Waals surface area contributed by atoms with Crippen LogP contribution in [0.2, 0.25) is 0 Å². The second-order valence-corrected chi connectivity index (χ2v) is 6.69. The van der Waals surface area contributed by atoms with E-state index in [4.69, 9.17) is 4.52 Å². The van der Waals surface area contributed by atoms with Crippen LogP contribution >= 0.6 is 0 Å². The summed E-state index contributed by atoms with van der Waals surface area (Å²) in [5.41, 5.74) is 2.28. The first-order chi connectivity index (χ1) is 12.3. The van der Waals surface area contributed by atoms with Gasteiger partial charge in [0.15, 0.2) is 5.82 Å². The fourth-order valence-electron chi connectivity index (χ4n) is 3.22. The maximum Gasteiger partial charge on any atom is 0.245 e. The third-order valence-electron chi connectivity index (χ3n) is 4.81. The first kappa shape index (κ1) is 17.7. The average Bonchev–Trinajstić information content (AvgIpc) is 3.13. The number of anilines is 2. The van der Waals surface area contributed by atoms with Crippen LogP contribution in [0.25, 0.3) is 0 Å². The summed E-state index contributed by atoms with van der Waals surface area (Å²) in [5.74, 6) is 1.86. The van der Waals surface area contributed by atoms with Gasteiger partial charge in [0.2, 0.25) is 5.89 Å². The van der Waals surface area contributed by atoms with Gasteiger partial charge >= 0.3 is 0 Å². The Kier molecular flexibility index (Phi) is 6.28. The molecule has 6 nitrogen and oxygen atoms in total. The standard InChI is InChI=1S/C19H28N4O2/c1-2-3-8-18-21-19(25-22-18)13-20-16-6-4-5-7-17(16)23-11-9-15(14-24)10-12-23/h4-7,15,20,24H,2-3,8-14H2,1H3. The van der Waals surface area contributed by atoms with E-state index >= 15 is 0 Å². The molecule has 2 heterocycles. The molecule has 2 aromatic rings. The van der Waals surface area contributed by atoms with Gasteiger partial charge in [-0.15, -0.1) is 0 Å². The second-order valence-electron chi connectivity index (χ2n) is 6.69. The highest BCUT2D eigenvalue weighted by Crippen LogP contribution is 2.29. The van der Waals surface area contributed by atoms with Crippen LogP contribution in [0.15, 0.2) is 28.8 Å². The van der Waals surface area contributed by atoms with Gasteiger partial charge in [-0.25, -0.2) is 0 Å². The van der Waals surface area contributed by atoms with Gasteiger partial charge in [0.25, 0.3) is 0 Å². The molecule has 3 rings (SSSR count). The normalized spacial score (nSPS) is 15.5. The molecule has 1 saturated heterocycles. The Bertz CT molecular complexity index is 650. The lowest BCUT2D eigenvalue weighted by Gasteiger charge is -2.34. The molecule has 6 heteroatoms. The van der Waals surface area contributed by atoms with Crippen LogP contribution < -0.4 is 10.2 Å². The highest BCUT2D eigenvalue weighted by molar-refractivity contribution is 5.70. The van der Waals surface area contributed by atoms with Crippen molar-refractivity contribution < 1.29 is 9.63 Å². The number of aliphatic hydroxyl groups is 1. The number of piperidine rings is 1. The van der Waals surface area contributed by atoms with Crippen molar-refractivity contribution in [2.45, 2.75) is 45.6 Å². The number of unbranched alkanes of at least 4 members (excludes halogenated alkanes) is 1. The Morgan fingerprint density at radius 2 is 2.08 bits per heavy atom. The number of rotatable bonds is 8. The van der Waals surface area contributed by atoms with Gasteiger partial charge in [-0.2, -0.15) is 4.98 Å². The zero-order valence-corrected chi connectivity index (χ0v) is 14.9. The minimum atomic E-state index is 0.297. The number of para-hydroxylation sites is 2. The predicted octanol–water partition coefficient (Wildman–Crippen LogP) is 3.23. The Hall–Kier alpha value is -2.08. The summed E-state index contributed by atoms with van der Waals surface area (Å²) >= 11 is 0. The van der Waals surface area contributed by atoms with Gasteiger partial charge in [0.05, 0.1) is 17.9 Å². The summed E-state index contributed by atoms with van der Waals surface area (Å²) in [6.07, 6.45) is 5.16. The number of aryl methyl sites for hydroxylation is 1. The SMILES string of the molecule is CCCCc1noc(CNc2ccccc2N2CCC(CO)CC2)n1. The molecule has 0 bridgehead atoms. The zero-order valence-electron chi connectivity index (χ0n) is 14.9. The lowest BCUT2D eigenvalue weighted by Crippen LogP contribution is -2.35. The molecule has 1 aromatic carbocycles. The molecule has 2 N–H and O–H groups in total. The second kappa shape index (κ2) is 8.85. The fraction of sp³-hybridized carbons (Fsp3) is 0.579. The van der Waals surface area contributed by atoms with Crippen LogP contribution in [-0.2, 0) is 13.0 Å². The van der Waals surface area contributed by atoms with E-state index in [0.717, 1.165) is 56.7 Å². The third kappa shape index (κ3) is 4.72. The molecule has 136 valence electrons. The Morgan fingerprint density at radius 1 is 1.28 bits per heavy atom. The molecular weight excluding hydrogens is 316 g/mol. The quantitative estimate of drug-likeness (QED) is 0.766. The monoisotopic (exact) mass is 344 g/mol. The molecule has 1 fully saturated rings. The molecule has 1 aliphatic rings. The van der Waals surface area contributed by atoms with Gasteiger partial charge in [-0.1, -0.05) is 30.6 Å². The van der Waals surface area contributed by atoms with Crippen molar-refractivity contribution in [3.8, 4) is 0 Å². The summed E-state index contributed by atoms with van der Waals surface area (Å²) < 4.78 is 5.33. The molecule has 0 spiro atoms.